The Morgan fingerprint density at radius 3 is 2.28 bits per heavy atom. The first-order valence-electron chi connectivity index (χ1n) is 8.61. The van der Waals surface area contributed by atoms with Gasteiger partial charge in [-0.15, -0.1) is 0 Å². The van der Waals surface area contributed by atoms with Gasteiger partial charge >= 0.3 is 0 Å². The van der Waals surface area contributed by atoms with Crippen LogP contribution in [0.4, 0.5) is 0 Å². The van der Waals surface area contributed by atoms with Gasteiger partial charge in [-0.25, -0.2) is 0 Å². The highest BCUT2D eigenvalue weighted by atomic mass is 16.5. The van der Waals surface area contributed by atoms with Crippen molar-refractivity contribution in [2.45, 2.75) is 19.9 Å². The molecule has 134 valence electrons. The Hall–Kier alpha value is -2.53. The number of para-hydroxylation sites is 2. The fourth-order valence-corrected chi connectivity index (χ4v) is 2.45. The maximum absolute atomic E-state index is 12.6. The van der Waals surface area contributed by atoms with Gasteiger partial charge in [0.1, 0.15) is 0 Å². The van der Waals surface area contributed by atoms with Crippen molar-refractivity contribution in [3.05, 3.63) is 60.2 Å². The van der Waals surface area contributed by atoms with Crippen molar-refractivity contribution in [1.29, 1.82) is 0 Å². The quantitative estimate of drug-likeness (QED) is 0.721. The number of hydrogen-bond donors (Lipinski definition) is 1. The Labute approximate surface area is 149 Å². The third kappa shape index (κ3) is 6.12. The highest BCUT2D eigenvalue weighted by Gasteiger charge is 2.15. The van der Waals surface area contributed by atoms with Gasteiger partial charge in [-0.2, -0.15) is 0 Å². The molecule has 0 radical (unpaired) electrons. The number of rotatable bonds is 10. The van der Waals surface area contributed by atoms with E-state index in [1.54, 1.807) is 11.0 Å². The van der Waals surface area contributed by atoms with Crippen LogP contribution in [0, 0.1) is 0 Å². The monoisotopic (exact) mass is 342 g/mol. The zero-order valence-corrected chi connectivity index (χ0v) is 14.7. The molecule has 0 fully saturated rings. The molecule has 0 saturated heterocycles. The lowest BCUT2D eigenvalue weighted by molar-refractivity contribution is -0.134. The summed E-state index contributed by atoms with van der Waals surface area (Å²) in [5.74, 6) is 1.16. The molecule has 0 aliphatic carbocycles. The van der Waals surface area contributed by atoms with Crippen LogP contribution in [-0.4, -0.2) is 37.1 Å². The minimum atomic E-state index is -0.0661. The van der Waals surface area contributed by atoms with Crippen LogP contribution in [0.5, 0.6) is 11.5 Å². The molecule has 2 aromatic rings. The lowest BCUT2D eigenvalue weighted by Gasteiger charge is -2.23. The average Bonchev–Trinajstić information content (AvgIpc) is 2.65. The van der Waals surface area contributed by atoms with Crippen LogP contribution in [0.25, 0.3) is 0 Å². The first-order chi connectivity index (χ1) is 12.2. The van der Waals surface area contributed by atoms with Gasteiger partial charge in [0.15, 0.2) is 18.1 Å². The molecule has 5 nitrogen and oxygen atoms in total. The number of nitrogens with zero attached hydrogens (tertiary/aromatic N) is 1. The van der Waals surface area contributed by atoms with Gasteiger partial charge in [-0.3, -0.25) is 4.79 Å². The summed E-state index contributed by atoms with van der Waals surface area (Å²) in [4.78, 5) is 14.4. The van der Waals surface area contributed by atoms with Gasteiger partial charge < -0.3 is 20.1 Å². The molecule has 1 amide bonds. The molecule has 0 spiro atoms. The number of ether oxygens (including phenoxy) is 2. The van der Waals surface area contributed by atoms with E-state index in [0.29, 0.717) is 37.7 Å². The second-order valence-corrected chi connectivity index (χ2v) is 5.61. The van der Waals surface area contributed by atoms with E-state index in [4.69, 9.17) is 15.2 Å². The highest BCUT2D eigenvalue weighted by molar-refractivity contribution is 5.77. The van der Waals surface area contributed by atoms with Crippen molar-refractivity contribution in [3.8, 4) is 11.5 Å². The van der Waals surface area contributed by atoms with Gasteiger partial charge in [0.25, 0.3) is 5.91 Å². The van der Waals surface area contributed by atoms with Crippen LogP contribution in [0.1, 0.15) is 18.9 Å². The van der Waals surface area contributed by atoms with Gasteiger partial charge in [0, 0.05) is 13.1 Å². The molecule has 2 rings (SSSR count). The normalized spacial score (nSPS) is 10.3. The molecule has 25 heavy (non-hydrogen) atoms. The number of benzene rings is 2. The zero-order valence-electron chi connectivity index (χ0n) is 14.7. The van der Waals surface area contributed by atoms with E-state index < -0.39 is 0 Å². The van der Waals surface area contributed by atoms with Crippen molar-refractivity contribution in [2.24, 2.45) is 5.73 Å². The third-order valence-corrected chi connectivity index (χ3v) is 3.70. The van der Waals surface area contributed by atoms with E-state index in [9.17, 15) is 4.79 Å². The van der Waals surface area contributed by atoms with E-state index >= 15 is 0 Å². The summed E-state index contributed by atoms with van der Waals surface area (Å²) in [6.07, 6.45) is 0.758. The van der Waals surface area contributed by atoms with E-state index in [1.165, 1.54) is 0 Å². The molecular weight excluding hydrogens is 316 g/mol. The van der Waals surface area contributed by atoms with Gasteiger partial charge in [0.05, 0.1) is 6.61 Å². The smallest absolute Gasteiger partial charge is 0.260 e. The van der Waals surface area contributed by atoms with Crippen molar-refractivity contribution < 1.29 is 14.3 Å². The minimum absolute atomic E-state index is 0.0263. The van der Waals surface area contributed by atoms with Crippen LogP contribution < -0.4 is 15.2 Å². The number of carbonyl (C=O) groups is 1. The molecule has 0 aliphatic rings. The summed E-state index contributed by atoms with van der Waals surface area (Å²) >= 11 is 0. The maximum Gasteiger partial charge on any atom is 0.260 e. The fraction of sp³-hybridized carbons (Fsp3) is 0.350. The predicted molar refractivity (Wildman–Crippen MR) is 98.6 cm³/mol. The summed E-state index contributed by atoms with van der Waals surface area (Å²) in [6.45, 7) is 4.15. The topological polar surface area (TPSA) is 64.8 Å². The number of nitrogens with two attached hydrogens (primary N) is 1. The summed E-state index contributed by atoms with van der Waals surface area (Å²) in [6, 6.07) is 17.3. The molecule has 0 atom stereocenters. The van der Waals surface area contributed by atoms with Crippen LogP contribution >= 0.6 is 0 Å². The molecule has 2 N–H and O–H groups in total. The fourth-order valence-electron chi connectivity index (χ4n) is 2.45. The number of hydrogen-bond acceptors (Lipinski definition) is 4. The van der Waals surface area contributed by atoms with Crippen LogP contribution in [0.2, 0.25) is 0 Å². The molecule has 0 aliphatic heterocycles. The molecule has 2 aromatic carbocycles. The lowest BCUT2D eigenvalue weighted by atomic mass is 10.2. The van der Waals surface area contributed by atoms with Crippen LogP contribution in [-0.2, 0) is 11.3 Å². The molecule has 5 heteroatoms. The largest absolute Gasteiger partial charge is 0.490 e. The molecule has 0 saturated carbocycles. The molecule has 0 aromatic heterocycles. The first kappa shape index (κ1) is 18.8. The maximum atomic E-state index is 12.6. The minimum Gasteiger partial charge on any atom is -0.490 e. The zero-order chi connectivity index (χ0) is 17.9. The first-order valence-corrected chi connectivity index (χ1v) is 8.61. The summed E-state index contributed by atoms with van der Waals surface area (Å²) < 4.78 is 11.2. The van der Waals surface area contributed by atoms with Gasteiger partial charge in [-0.05, 0) is 37.6 Å². The van der Waals surface area contributed by atoms with Crippen molar-refractivity contribution >= 4 is 5.91 Å². The Morgan fingerprint density at radius 2 is 1.64 bits per heavy atom. The lowest BCUT2D eigenvalue weighted by Crippen LogP contribution is -2.36. The molecular formula is C20H26N2O3. The Bertz CT molecular complexity index is 646. The van der Waals surface area contributed by atoms with E-state index in [2.05, 4.69) is 0 Å². The second kappa shape index (κ2) is 10.4. The molecule has 0 heterocycles. The van der Waals surface area contributed by atoms with Gasteiger partial charge in [-0.1, -0.05) is 42.5 Å². The average molecular weight is 342 g/mol. The summed E-state index contributed by atoms with van der Waals surface area (Å²) in [5, 5.41) is 0. The van der Waals surface area contributed by atoms with Crippen molar-refractivity contribution in [3.63, 3.8) is 0 Å². The van der Waals surface area contributed by atoms with Crippen molar-refractivity contribution in [1.82, 2.24) is 4.90 Å². The molecule has 0 unspecified atom stereocenters. The Balaban J connectivity index is 1.99. The van der Waals surface area contributed by atoms with E-state index in [1.807, 2.05) is 55.5 Å². The van der Waals surface area contributed by atoms with E-state index in [0.717, 1.165) is 12.0 Å². The van der Waals surface area contributed by atoms with Crippen molar-refractivity contribution in [2.75, 3.05) is 26.3 Å². The second-order valence-electron chi connectivity index (χ2n) is 5.61. The van der Waals surface area contributed by atoms with E-state index in [-0.39, 0.29) is 12.5 Å². The predicted octanol–water partition coefficient (Wildman–Crippen LogP) is 2.84. The SMILES string of the molecule is CCOc1ccccc1OCC(=O)N(CCCN)Cc1ccccc1. The van der Waals surface area contributed by atoms with Crippen LogP contribution in [0.3, 0.4) is 0 Å². The van der Waals surface area contributed by atoms with Gasteiger partial charge in [0.2, 0.25) is 0 Å². The summed E-state index contributed by atoms with van der Waals surface area (Å²) in [7, 11) is 0. The summed E-state index contributed by atoms with van der Waals surface area (Å²) in [5.41, 5.74) is 6.69. The molecule has 0 bridgehead atoms. The Kier molecular flexibility index (Phi) is 7.79. The highest BCUT2D eigenvalue weighted by Crippen LogP contribution is 2.26. The Morgan fingerprint density at radius 1 is 1.00 bits per heavy atom. The number of carbonyl (C=O) groups excluding carboxylic acids is 1. The number of amides is 1. The standard InChI is InChI=1S/C20H26N2O3/c1-2-24-18-11-6-7-12-19(18)25-16-20(23)22(14-8-13-21)15-17-9-4-3-5-10-17/h3-7,9-12H,2,8,13-16,21H2,1H3. The van der Waals surface area contributed by atoms with Crippen LogP contribution in [0.15, 0.2) is 54.6 Å². The third-order valence-electron chi connectivity index (χ3n) is 3.70.